The van der Waals surface area contributed by atoms with Crippen LogP contribution in [0.2, 0.25) is 0 Å². The van der Waals surface area contributed by atoms with Crippen molar-refractivity contribution >= 4 is 22.5 Å². The zero-order chi connectivity index (χ0) is 12.8. The predicted octanol–water partition coefficient (Wildman–Crippen LogP) is 0.714. The number of rotatable bonds is 1. The average Bonchev–Trinajstić information content (AvgIpc) is 2.73. The van der Waals surface area contributed by atoms with Gasteiger partial charge in [0.25, 0.3) is 0 Å². The largest absolute Gasteiger partial charge is 0.445 e. The highest BCUT2D eigenvalue weighted by atomic mass is 32.1. The number of carbonyl (C=O) groups excluding carboxylic acids is 1. The highest BCUT2D eigenvalue weighted by Gasteiger charge is 2.40. The van der Waals surface area contributed by atoms with Crippen LogP contribution >= 0.6 is 11.3 Å². The zero-order valence-electron chi connectivity index (χ0n) is 8.60. The molecule has 2 amide bonds. The second kappa shape index (κ2) is 3.81. The van der Waals surface area contributed by atoms with E-state index >= 15 is 0 Å². The first-order valence-electron chi connectivity index (χ1n) is 4.51. The quantitative estimate of drug-likeness (QED) is 0.813. The van der Waals surface area contributed by atoms with E-state index in [4.69, 9.17) is 5.73 Å². The molecule has 6 nitrogen and oxygen atoms in total. The van der Waals surface area contributed by atoms with Gasteiger partial charge in [-0.25, -0.2) is 4.79 Å². The fourth-order valence-electron chi connectivity index (χ4n) is 1.42. The number of nitrogens with zero attached hydrogens (tertiary/aromatic N) is 4. The van der Waals surface area contributed by atoms with Crippen LogP contribution in [0.1, 0.15) is 5.01 Å². The maximum atomic E-state index is 12.3. The zero-order valence-corrected chi connectivity index (χ0v) is 9.42. The fraction of sp³-hybridized carbons (Fsp3) is 0.571. The molecule has 0 aliphatic carbocycles. The number of carbonyl (C=O) groups is 1. The molecule has 0 aromatic carbocycles. The number of amides is 2. The van der Waals surface area contributed by atoms with Crippen LogP contribution in [0.15, 0.2) is 0 Å². The van der Waals surface area contributed by atoms with Gasteiger partial charge in [-0.2, -0.15) is 13.2 Å². The van der Waals surface area contributed by atoms with Gasteiger partial charge in [0.1, 0.15) is 6.17 Å². The van der Waals surface area contributed by atoms with Crippen molar-refractivity contribution in [2.45, 2.75) is 12.3 Å². The summed E-state index contributed by atoms with van der Waals surface area (Å²) in [5.74, 6) is 0. The van der Waals surface area contributed by atoms with Crippen LogP contribution in [-0.2, 0) is 6.18 Å². The van der Waals surface area contributed by atoms with Gasteiger partial charge in [-0.3, -0.25) is 4.90 Å². The summed E-state index contributed by atoms with van der Waals surface area (Å²) < 4.78 is 37.0. The van der Waals surface area contributed by atoms with E-state index < -0.39 is 23.4 Å². The van der Waals surface area contributed by atoms with Crippen LogP contribution in [0, 0.1) is 0 Å². The topological polar surface area (TPSA) is 75.3 Å². The smallest absolute Gasteiger partial charge is 0.324 e. The first-order valence-corrected chi connectivity index (χ1v) is 5.33. The third kappa shape index (κ3) is 2.05. The monoisotopic (exact) mass is 267 g/mol. The van der Waals surface area contributed by atoms with E-state index in [-0.39, 0.29) is 11.7 Å². The second-order valence-corrected chi connectivity index (χ2v) is 4.44. The van der Waals surface area contributed by atoms with E-state index in [1.165, 1.54) is 11.9 Å². The molecule has 1 saturated heterocycles. The Hall–Kier alpha value is -1.42. The molecule has 10 heteroatoms. The number of nitrogens with two attached hydrogens (primary N) is 1. The molecule has 1 aromatic heterocycles. The maximum absolute atomic E-state index is 12.3. The lowest BCUT2D eigenvalue weighted by Gasteiger charge is -2.15. The molecule has 1 aromatic rings. The molecule has 94 valence electrons. The van der Waals surface area contributed by atoms with Crippen LogP contribution in [0.4, 0.5) is 23.1 Å². The van der Waals surface area contributed by atoms with Gasteiger partial charge in [0.15, 0.2) is 0 Å². The van der Waals surface area contributed by atoms with Gasteiger partial charge in [0.2, 0.25) is 10.1 Å². The molecule has 0 saturated carbocycles. The number of anilines is 1. The summed E-state index contributed by atoms with van der Waals surface area (Å²) in [5, 5.41) is 5.11. The Morgan fingerprint density at radius 1 is 1.47 bits per heavy atom. The Morgan fingerprint density at radius 2 is 2.12 bits per heavy atom. The Morgan fingerprint density at radius 3 is 2.53 bits per heavy atom. The van der Waals surface area contributed by atoms with Crippen LogP contribution in [0.25, 0.3) is 0 Å². The van der Waals surface area contributed by atoms with Crippen molar-refractivity contribution in [3.8, 4) is 0 Å². The van der Waals surface area contributed by atoms with Gasteiger partial charge in [-0.15, -0.1) is 10.2 Å². The van der Waals surface area contributed by atoms with Gasteiger partial charge >= 0.3 is 12.2 Å². The fourth-order valence-corrected chi connectivity index (χ4v) is 2.18. The Bertz CT molecular complexity index is 447. The van der Waals surface area contributed by atoms with Gasteiger partial charge in [-0.05, 0) is 0 Å². The van der Waals surface area contributed by atoms with Crippen LogP contribution in [0.5, 0.6) is 0 Å². The second-order valence-electron chi connectivity index (χ2n) is 3.49. The molecule has 1 aliphatic rings. The lowest BCUT2D eigenvalue weighted by Crippen LogP contribution is -2.40. The predicted molar refractivity (Wildman–Crippen MR) is 53.4 cm³/mol. The average molecular weight is 267 g/mol. The molecule has 1 aliphatic heterocycles. The third-order valence-electron chi connectivity index (χ3n) is 2.19. The van der Waals surface area contributed by atoms with Gasteiger partial charge < -0.3 is 10.6 Å². The highest BCUT2D eigenvalue weighted by Crippen LogP contribution is 2.35. The minimum atomic E-state index is -4.56. The molecule has 2 heterocycles. The van der Waals surface area contributed by atoms with Gasteiger partial charge in [0, 0.05) is 7.05 Å². The van der Waals surface area contributed by atoms with E-state index in [9.17, 15) is 18.0 Å². The maximum Gasteiger partial charge on any atom is 0.445 e. The minimum absolute atomic E-state index is 0.140. The molecule has 2 rings (SSSR count). The SMILES string of the molecule is CN1CC(N)N(c2nnc(C(F)(F)F)s2)C1=O. The van der Waals surface area contributed by atoms with Crippen molar-refractivity contribution in [3.63, 3.8) is 0 Å². The van der Waals surface area contributed by atoms with Crippen molar-refractivity contribution < 1.29 is 18.0 Å². The van der Waals surface area contributed by atoms with Gasteiger partial charge in [0.05, 0.1) is 6.54 Å². The summed E-state index contributed by atoms with van der Waals surface area (Å²) in [6.07, 6.45) is -5.27. The molecular formula is C7H8F3N5OS. The van der Waals surface area contributed by atoms with Crippen LogP contribution in [0.3, 0.4) is 0 Å². The molecular weight excluding hydrogens is 259 g/mol. The van der Waals surface area contributed by atoms with E-state index in [1.807, 2.05) is 0 Å². The van der Waals surface area contributed by atoms with Crippen molar-refractivity contribution in [3.05, 3.63) is 5.01 Å². The van der Waals surface area contributed by atoms with E-state index in [1.54, 1.807) is 0 Å². The summed E-state index contributed by atoms with van der Waals surface area (Å²) >= 11 is 0.298. The van der Waals surface area contributed by atoms with Crippen molar-refractivity contribution in [2.75, 3.05) is 18.5 Å². The molecule has 1 atom stereocenters. The van der Waals surface area contributed by atoms with Crippen molar-refractivity contribution in [2.24, 2.45) is 5.73 Å². The Labute approximate surface area is 97.8 Å². The molecule has 2 N–H and O–H groups in total. The molecule has 0 spiro atoms. The lowest BCUT2D eigenvalue weighted by atomic mass is 10.5. The number of alkyl halides is 3. The van der Waals surface area contributed by atoms with Crippen molar-refractivity contribution in [1.29, 1.82) is 0 Å². The number of hydrogen-bond acceptors (Lipinski definition) is 5. The summed E-state index contributed by atoms with van der Waals surface area (Å²) in [6, 6.07) is -0.484. The summed E-state index contributed by atoms with van der Waals surface area (Å²) in [5.41, 5.74) is 5.63. The summed E-state index contributed by atoms with van der Waals surface area (Å²) in [4.78, 5) is 13.9. The van der Waals surface area contributed by atoms with Crippen LogP contribution < -0.4 is 10.6 Å². The number of likely N-dealkylation sites (N-methyl/N-ethyl adjacent to an activating group) is 1. The number of urea groups is 1. The van der Waals surface area contributed by atoms with Crippen LogP contribution in [-0.4, -0.2) is 40.9 Å². The molecule has 17 heavy (non-hydrogen) atoms. The van der Waals surface area contributed by atoms with E-state index in [2.05, 4.69) is 10.2 Å². The normalized spacial score (nSPS) is 21.5. The molecule has 1 unspecified atom stereocenters. The lowest BCUT2D eigenvalue weighted by molar-refractivity contribution is -0.138. The van der Waals surface area contributed by atoms with Crippen molar-refractivity contribution in [1.82, 2.24) is 15.1 Å². The van der Waals surface area contributed by atoms with E-state index in [0.29, 0.717) is 11.3 Å². The molecule has 0 bridgehead atoms. The number of hydrogen-bond donors (Lipinski definition) is 1. The number of aromatic nitrogens is 2. The molecule has 1 fully saturated rings. The summed E-state index contributed by atoms with van der Waals surface area (Å²) in [7, 11) is 1.51. The van der Waals surface area contributed by atoms with E-state index in [0.717, 1.165) is 4.90 Å². The molecule has 0 radical (unpaired) electrons. The first kappa shape index (κ1) is 12.0. The van der Waals surface area contributed by atoms with Gasteiger partial charge in [-0.1, -0.05) is 11.3 Å². The Balaban J connectivity index is 2.29. The summed E-state index contributed by atoms with van der Waals surface area (Å²) in [6.45, 7) is 0.236. The standard InChI is InChI=1S/C7H8F3N5OS/c1-14-2-3(11)15(6(14)16)5-13-12-4(17-5)7(8,9)10/h3H,2,11H2,1H3. The first-order chi connectivity index (χ1) is 7.80. The minimum Gasteiger partial charge on any atom is -0.324 e. The highest BCUT2D eigenvalue weighted by molar-refractivity contribution is 7.15. The Kier molecular flexibility index (Phi) is 2.70. The third-order valence-corrected chi connectivity index (χ3v) is 3.16. The number of halogens is 3.